The van der Waals surface area contributed by atoms with Gasteiger partial charge in [-0.3, -0.25) is 4.79 Å². The highest BCUT2D eigenvalue weighted by atomic mass is 32.2. The van der Waals surface area contributed by atoms with Gasteiger partial charge < -0.3 is 15.8 Å². The smallest absolute Gasteiger partial charge is 0.233 e. The monoisotopic (exact) mass is 296 g/mol. The van der Waals surface area contributed by atoms with E-state index in [4.69, 9.17) is 10.5 Å². The van der Waals surface area contributed by atoms with Gasteiger partial charge in [0.2, 0.25) is 5.91 Å². The van der Waals surface area contributed by atoms with E-state index in [1.54, 1.807) is 0 Å². The number of hydrogen-bond donors (Lipinski definition) is 2. The number of thioether (sulfide) groups is 1. The van der Waals surface area contributed by atoms with Gasteiger partial charge in [0, 0.05) is 17.1 Å². The number of hydrogen-bond acceptors (Lipinski definition) is 4. The molecule has 0 saturated carbocycles. The molecule has 0 aromatic heterocycles. The van der Waals surface area contributed by atoms with Gasteiger partial charge in [0.1, 0.15) is 5.75 Å². The molecular formula is C15H24N2O2S. The fourth-order valence-electron chi connectivity index (χ4n) is 1.65. The Labute approximate surface area is 125 Å². The van der Waals surface area contributed by atoms with Crippen LogP contribution in [0.3, 0.4) is 0 Å². The van der Waals surface area contributed by atoms with Crippen molar-refractivity contribution in [2.45, 2.75) is 43.8 Å². The largest absolute Gasteiger partial charge is 0.494 e. The molecule has 1 amide bonds. The van der Waals surface area contributed by atoms with Crippen LogP contribution in [0.15, 0.2) is 23.1 Å². The molecule has 1 rings (SSSR count). The molecule has 1 aromatic carbocycles. The van der Waals surface area contributed by atoms with Crippen molar-refractivity contribution in [1.82, 2.24) is 5.32 Å². The van der Waals surface area contributed by atoms with Crippen molar-refractivity contribution in [3.8, 4) is 5.75 Å². The van der Waals surface area contributed by atoms with Crippen LogP contribution in [-0.2, 0) is 4.79 Å². The van der Waals surface area contributed by atoms with Gasteiger partial charge in [0.15, 0.2) is 0 Å². The number of carbonyl (C=O) groups excluding carboxylic acids is 1. The van der Waals surface area contributed by atoms with Crippen molar-refractivity contribution in [3.63, 3.8) is 0 Å². The molecule has 0 aliphatic rings. The van der Waals surface area contributed by atoms with Crippen LogP contribution in [-0.4, -0.2) is 24.3 Å². The maximum atomic E-state index is 11.9. The van der Waals surface area contributed by atoms with Crippen molar-refractivity contribution in [2.24, 2.45) is 0 Å². The summed E-state index contributed by atoms with van der Waals surface area (Å²) in [5.74, 6) is 0.826. The van der Waals surface area contributed by atoms with Gasteiger partial charge in [-0.2, -0.15) is 0 Å². The normalized spacial score (nSPS) is 11.9. The number of amides is 1. The fraction of sp³-hybridized carbons (Fsp3) is 0.533. The van der Waals surface area contributed by atoms with Crippen molar-refractivity contribution < 1.29 is 9.53 Å². The fourth-order valence-corrected chi connectivity index (χ4v) is 2.61. The van der Waals surface area contributed by atoms with E-state index < -0.39 is 0 Å². The third-order valence-corrected chi connectivity index (χ3v) is 3.97. The molecule has 0 bridgehead atoms. The lowest BCUT2D eigenvalue weighted by molar-refractivity contribution is -0.120. The third-order valence-electron chi connectivity index (χ3n) is 2.80. The van der Waals surface area contributed by atoms with Crippen LogP contribution in [0.2, 0.25) is 0 Å². The Kier molecular flexibility index (Phi) is 7.30. The summed E-state index contributed by atoms with van der Waals surface area (Å²) < 4.78 is 5.45. The van der Waals surface area contributed by atoms with Crippen molar-refractivity contribution in [2.75, 3.05) is 18.9 Å². The van der Waals surface area contributed by atoms with E-state index in [9.17, 15) is 4.79 Å². The highest BCUT2D eigenvalue weighted by Crippen LogP contribution is 2.32. The molecule has 3 N–H and O–H groups in total. The second-order valence-electron chi connectivity index (χ2n) is 4.54. The predicted octanol–water partition coefficient (Wildman–Crippen LogP) is 3.06. The molecule has 0 heterocycles. The van der Waals surface area contributed by atoms with Crippen LogP contribution in [0, 0.1) is 0 Å². The topological polar surface area (TPSA) is 64.3 Å². The van der Waals surface area contributed by atoms with Crippen LogP contribution in [0.4, 0.5) is 5.69 Å². The van der Waals surface area contributed by atoms with E-state index in [1.807, 2.05) is 32.0 Å². The third kappa shape index (κ3) is 5.33. The lowest BCUT2D eigenvalue weighted by atomic mass is 10.3. The number of carbonyl (C=O) groups is 1. The number of ether oxygens (including phenoxy) is 1. The molecule has 0 aliphatic carbocycles. The minimum Gasteiger partial charge on any atom is -0.494 e. The van der Waals surface area contributed by atoms with Crippen LogP contribution in [0.5, 0.6) is 5.75 Å². The minimum absolute atomic E-state index is 0.0460. The Morgan fingerprint density at radius 2 is 2.20 bits per heavy atom. The van der Waals surface area contributed by atoms with Gasteiger partial charge in [-0.25, -0.2) is 0 Å². The zero-order chi connectivity index (χ0) is 15.0. The summed E-state index contributed by atoms with van der Waals surface area (Å²) >= 11 is 1.46. The molecule has 1 aromatic rings. The number of unbranched alkanes of at least 4 members (excludes halogenated alkanes) is 1. The maximum Gasteiger partial charge on any atom is 0.233 e. The molecule has 0 spiro atoms. The first kappa shape index (κ1) is 16.7. The second-order valence-corrected chi connectivity index (χ2v) is 5.92. The van der Waals surface area contributed by atoms with E-state index >= 15 is 0 Å². The SMILES string of the molecule is CCCCNC(=O)C(C)Sc1cc(OCC)ccc1N. The van der Waals surface area contributed by atoms with Gasteiger partial charge >= 0.3 is 0 Å². The van der Waals surface area contributed by atoms with Crippen LogP contribution in [0.1, 0.15) is 33.6 Å². The van der Waals surface area contributed by atoms with E-state index in [0.29, 0.717) is 12.3 Å². The quantitative estimate of drug-likeness (QED) is 0.439. The number of benzene rings is 1. The maximum absolute atomic E-state index is 11.9. The van der Waals surface area contributed by atoms with Crippen LogP contribution in [0.25, 0.3) is 0 Å². The number of rotatable bonds is 8. The van der Waals surface area contributed by atoms with Crippen LogP contribution >= 0.6 is 11.8 Å². The molecule has 0 aliphatic heterocycles. The molecule has 5 heteroatoms. The van der Waals surface area contributed by atoms with Crippen LogP contribution < -0.4 is 15.8 Å². The van der Waals surface area contributed by atoms with Crippen molar-refractivity contribution in [1.29, 1.82) is 0 Å². The number of nitrogens with one attached hydrogen (secondary N) is 1. The summed E-state index contributed by atoms with van der Waals surface area (Å²) in [7, 11) is 0. The molecule has 0 fully saturated rings. The lowest BCUT2D eigenvalue weighted by Gasteiger charge is -2.14. The molecule has 1 atom stereocenters. The Bertz CT molecular complexity index is 438. The summed E-state index contributed by atoms with van der Waals surface area (Å²) in [6.07, 6.45) is 2.08. The first-order chi connectivity index (χ1) is 9.58. The summed E-state index contributed by atoms with van der Waals surface area (Å²) in [4.78, 5) is 12.8. The van der Waals surface area contributed by atoms with Gasteiger partial charge in [-0.1, -0.05) is 13.3 Å². The molecular weight excluding hydrogens is 272 g/mol. The van der Waals surface area contributed by atoms with Gasteiger partial charge in [0.05, 0.1) is 11.9 Å². The molecule has 1 unspecified atom stereocenters. The van der Waals surface area contributed by atoms with E-state index in [1.165, 1.54) is 11.8 Å². The first-order valence-corrected chi connectivity index (χ1v) is 7.93. The first-order valence-electron chi connectivity index (χ1n) is 7.05. The van der Waals surface area contributed by atoms with Gasteiger partial charge in [0.25, 0.3) is 0 Å². The Morgan fingerprint density at radius 3 is 2.85 bits per heavy atom. The van der Waals surface area contributed by atoms with Gasteiger partial charge in [-0.05, 0) is 38.5 Å². The lowest BCUT2D eigenvalue weighted by Crippen LogP contribution is -2.31. The standard InChI is InChI=1S/C15H24N2O2S/c1-4-6-9-17-15(18)11(3)20-14-10-12(19-5-2)7-8-13(14)16/h7-8,10-11H,4-6,9,16H2,1-3H3,(H,17,18). The van der Waals surface area contributed by atoms with Crippen molar-refractivity contribution >= 4 is 23.4 Å². The van der Waals surface area contributed by atoms with E-state index in [2.05, 4.69) is 12.2 Å². The highest BCUT2D eigenvalue weighted by Gasteiger charge is 2.15. The second kappa shape index (κ2) is 8.74. The molecule has 0 saturated heterocycles. The zero-order valence-corrected chi connectivity index (χ0v) is 13.3. The average molecular weight is 296 g/mol. The van der Waals surface area contributed by atoms with Gasteiger partial charge in [-0.15, -0.1) is 11.8 Å². The Morgan fingerprint density at radius 1 is 1.45 bits per heavy atom. The zero-order valence-electron chi connectivity index (χ0n) is 12.4. The highest BCUT2D eigenvalue weighted by molar-refractivity contribution is 8.00. The molecule has 4 nitrogen and oxygen atoms in total. The van der Waals surface area contributed by atoms with Crippen molar-refractivity contribution in [3.05, 3.63) is 18.2 Å². The molecule has 0 radical (unpaired) electrons. The van der Waals surface area contributed by atoms with E-state index in [-0.39, 0.29) is 11.2 Å². The molecule has 112 valence electrons. The summed E-state index contributed by atoms with van der Waals surface area (Å²) in [6, 6.07) is 5.54. The minimum atomic E-state index is -0.175. The van der Waals surface area contributed by atoms with E-state index in [0.717, 1.165) is 30.0 Å². The summed E-state index contributed by atoms with van der Waals surface area (Å²) in [5.41, 5.74) is 6.62. The average Bonchev–Trinajstić information content (AvgIpc) is 2.43. The number of nitrogens with two attached hydrogens (primary N) is 1. The number of nitrogen functional groups attached to an aromatic ring is 1. The Hall–Kier alpha value is -1.36. The summed E-state index contributed by atoms with van der Waals surface area (Å²) in [6.45, 7) is 7.27. The summed E-state index contributed by atoms with van der Waals surface area (Å²) in [5, 5.41) is 2.76. The molecule has 20 heavy (non-hydrogen) atoms. The Balaban J connectivity index is 2.62. The predicted molar refractivity (Wildman–Crippen MR) is 85.3 cm³/mol. The number of anilines is 1.